The number of rotatable bonds is 5. The molecule has 174 valence electrons. The number of aromatic nitrogens is 3. The van der Waals surface area contributed by atoms with Crippen LogP contribution in [0.5, 0.6) is 0 Å². The maximum atomic E-state index is 13.0. The number of hydrogen-bond donors (Lipinski definition) is 3. The first-order valence-electron chi connectivity index (χ1n) is 10.8. The number of anilines is 1. The van der Waals surface area contributed by atoms with Gasteiger partial charge in [0.15, 0.2) is 11.5 Å². The number of likely N-dealkylation sites (tertiary alicyclic amines) is 1. The molecular weight excluding hydrogens is 426 g/mol. The normalized spacial score (nSPS) is 18.1. The summed E-state index contributed by atoms with van der Waals surface area (Å²) in [6, 6.07) is 4.88. The van der Waals surface area contributed by atoms with Crippen LogP contribution in [-0.2, 0) is 9.59 Å². The summed E-state index contributed by atoms with van der Waals surface area (Å²) in [5.41, 5.74) is 2.64. The van der Waals surface area contributed by atoms with E-state index in [-0.39, 0.29) is 29.5 Å². The van der Waals surface area contributed by atoms with E-state index in [1.165, 1.54) is 0 Å². The molecule has 4 amide bonds. The number of nitrogens with one attached hydrogen (secondary N) is 3. The Morgan fingerprint density at radius 3 is 2.67 bits per heavy atom. The summed E-state index contributed by atoms with van der Waals surface area (Å²) < 4.78 is 1.58. The summed E-state index contributed by atoms with van der Waals surface area (Å²) in [5, 5.41) is 20.4. The molecule has 12 nitrogen and oxygen atoms in total. The van der Waals surface area contributed by atoms with Gasteiger partial charge in [-0.3, -0.25) is 30.2 Å². The van der Waals surface area contributed by atoms with Crippen molar-refractivity contribution in [2.45, 2.75) is 39.2 Å². The van der Waals surface area contributed by atoms with E-state index < -0.39 is 11.6 Å². The molecule has 2 aromatic heterocycles. The van der Waals surface area contributed by atoms with Crippen molar-refractivity contribution >= 4 is 29.3 Å². The van der Waals surface area contributed by atoms with Gasteiger partial charge >= 0.3 is 6.03 Å². The highest BCUT2D eigenvalue weighted by Gasteiger charge is 2.47. The van der Waals surface area contributed by atoms with Gasteiger partial charge in [-0.2, -0.15) is 14.9 Å². The number of hydrazine groups is 1. The quantitative estimate of drug-likeness (QED) is 0.428. The number of hydrogen-bond acceptors (Lipinski definition) is 8. The van der Waals surface area contributed by atoms with Crippen molar-refractivity contribution in [1.29, 1.82) is 5.26 Å². The van der Waals surface area contributed by atoms with Crippen LogP contribution in [0.25, 0.3) is 5.65 Å². The molecule has 0 radical (unpaired) electrons. The second-order valence-electron chi connectivity index (χ2n) is 9.66. The molecule has 2 aliphatic heterocycles. The van der Waals surface area contributed by atoms with E-state index in [1.807, 2.05) is 25.7 Å². The molecule has 12 heteroatoms. The fraction of sp³-hybridized carbons (Fsp3) is 0.524. The maximum absolute atomic E-state index is 13.0. The molecule has 4 rings (SSSR count). The highest BCUT2D eigenvalue weighted by atomic mass is 16.2. The van der Waals surface area contributed by atoms with Gasteiger partial charge in [0.25, 0.3) is 11.8 Å². The van der Waals surface area contributed by atoms with Crippen molar-refractivity contribution in [2.24, 2.45) is 5.41 Å². The molecule has 2 aliphatic rings. The largest absolute Gasteiger partial charge is 0.323 e. The zero-order chi connectivity index (χ0) is 23.8. The highest BCUT2D eigenvalue weighted by Crippen LogP contribution is 2.25. The van der Waals surface area contributed by atoms with Crippen molar-refractivity contribution in [1.82, 2.24) is 35.6 Å². The van der Waals surface area contributed by atoms with Crippen LogP contribution in [0.1, 0.15) is 39.3 Å². The van der Waals surface area contributed by atoms with Crippen LogP contribution in [0.3, 0.4) is 0 Å². The van der Waals surface area contributed by atoms with Crippen molar-refractivity contribution in [3.63, 3.8) is 0 Å². The summed E-state index contributed by atoms with van der Waals surface area (Å²) >= 11 is 0. The topological polar surface area (TPSA) is 148 Å². The Kier molecular flexibility index (Phi) is 5.67. The lowest BCUT2D eigenvalue weighted by molar-refractivity contribution is -0.126. The number of fused-ring (bicyclic) bond motifs is 1. The zero-order valence-electron chi connectivity index (χ0n) is 18.9. The van der Waals surface area contributed by atoms with E-state index in [0.29, 0.717) is 43.9 Å². The Balaban J connectivity index is 1.47. The van der Waals surface area contributed by atoms with Crippen LogP contribution < -0.4 is 21.1 Å². The Bertz CT molecular complexity index is 1140. The Morgan fingerprint density at radius 1 is 1.33 bits per heavy atom. The molecule has 0 unspecified atom stereocenters. The van der Waals surface area contributed by atoms with Gasteiger partial charge in [0.1, 0.15) is 17.3 Å². The second-order valence-corrected chi connectivity index (χ2v) is 9.66. The van der Waals surface area contributed by atoms with Gasteiger partial charge in [0.2, 0.25) is 0 Å². The van der Waals surface area contributed by atoms with E-state index in [9.17, 15) is 19.6 Å². The summed E-state index contributed by atoms with van der Waals surface area (Å²) in [5.74, 6) is 0.000624. The number of imide groups is 1. The minimum atomic E-state index is -0.876. The smallest absolute Gasteiger partial charge is 0.322 e. The Morgan fingerprint density at radius 2 is 2.06 bits per heavy atom. The van der Waals surface area contributed by atoms with Gasteiger partial charge in [0.05, 0.1) is 12.7 Å². The monoisotopic (exact) mass is 453 g/mol. The summed E-state index contributed by atoms with van der Waals surface area (Å²) in [7, 11) is 0. The summed E-state index contributed by atoms with van der Waals surface area (Å²) in [6.07, 6.45) is 2.46. The fourth-order valence-electron chi connectivity index (χ4n) is 4.16. The van der Waals surface area contributed by atoms with Gasteiger partial charge in [-0.05, 0) is 18.3 Å². The average molecular weight is 454 g/mol. The molecule has 33 heavy (non-hydrogen) atoms. The van der Waals surface area contributed by atoms with Crippen LogP contribution in [0, 0.1) is 16.7 Å². The van der Waals surface area contributed by atoms with E-state index in [1.54, 1.807) is 27.9 Å². The third kappa shape index (κ3) is 4.73. The van der Waals surface area contributed by atoms with Gasteiger partial charge in [0, 0.05) is 31.8 Å². The summed E-state index contributed by atoms with van der Waals surface area (Å²) in [4.78, 5) is 42.8. The molecule has 0 aromatic carbocycles. The molecule has 2 fully saturated rings. The number of carbonyl (C=O) groups excluding carboxylic acids is 3. The minimum Gasteiger partial charge on any atom is -0.323 e. The van der Waals surface area contributed by atoms with Crippen molar-refractivity contribution in [2.75, 3.05) is 31.2 Å². The molecule has 2 aromatic rings. The first-order valence-corrected chi connectivity index (χ1v) is 10.8. The number of carbonyl (C=O) groups is 3. The lowest BCUT2D eigenvalue weighted by atomic mass is 9.88. The maximum Gasteiger partial charge on any atom is 0.322 e. The van der Waals surface area contributed by atoms with Crippen molar-refractivity contribution in [3.8, 4) is 6.07 Å². The van der Waals surface area contributed by atoms with Crippen LogP contribution in [0.2, 0.25) is 0 Å². The molecule has 2 saturated heterocycles. The number of amides is 4. The van der Waals surface area contributed by atoms with Crippen molar-refractivity contribution < 1.29 is 14.4 Å². The molecule has 0 saturated carbocycles. The van der Waals surface area contributed by atoms with E-state index in [0.717, 1.165) is 0 Å². The number of nitriles is 1. The lowest BCUT2D eigenvalue weighted by Gasteiger charge is -2.37. The highest BCUT2D eigenvalue weighted by molar-refractivity contribution is 6.07. The molecular formula is C21H27N9O3. The predicted octanol–water partition coefficient (Wildman–Crippen LogP) is 0.159. The number of piperidine rings is 1. The lowest BCUT2D eigenvalue weighted by Crippen LogP contribution is -2.57. The standard InChI is InChI=1S/C21H27N9O3/c1-20(2,3)13-29(17-10-14(11-22)24-15-4-7-23-30(15)17)27-16(31)12-28-8-5-21(6-9-28)18(32)25-19(33)26-21/h4,7,10H,5-6,8-9,12-13H2,1-3H3,(H,27,31)(H2,25,26,32,33). The SMILES string of the molecule is CC(C)(C)CN(NC(=O)CN1CCC2(CC1)NC(=O)NC2=O)c1cc(C#N)nc2ccnn12. The first-order chi connectivity index (χ1) is 15.6. The summed E-state index contributed by atoms with van der Waals surface area (Å²) in [6.45, 7) is 7.73. The van der Waals surface area contributed by atoms with Crippen LogP contribution in [-0.4, -0.2) is 69.1 Å². The van der Waals surface area contributed by atoms with Crippen LogP contribution in [0.4, 0.5) is 10.6 Å². The fourth-order valence-corrected chi connectivity index (χ4v) is 4.16. The molecule has 0 bridgehead atoms. The Hall–Kier alpha value is -3.72. The molecule has 0 atom stereocenters. The number of nitrogens with zero attached hydrogens (tertiary/aromatic N) is 6. The molecule has 3 N–H and O–H groups in total. The van der Waals surface area contributed by atoms with Gasteiger partial charge in [-0.15, -0.1) is 0 Å². The van der Waals surface area contributed by atoms with E-state index in [4.69, 9.17) is 0 Å². The minimum absolute atomic E-state index is 0.130. The van der Waals surface area contributed by atoms with Crippen LogP contribution in [0.15, 0.2) is 18.3 Å². The number of urea groups is 1. The zero-order valence-corrected chi connectivity index (χ0v) is 18.9. The first kappa shape index (κ1) is 22.5. The molecule has 1 spiro atoms. The van der Waals surface area contributed by atoms with Gasteiger partial charge in [-0.25, -0.2) is 9.78 Å². The predicted molar refractivity (Wildman–Crippen MR) is 118 cm³/mol. The third-order valence-corrected chi connectivity index (χ3v) is 5.72. The Labute approximate surface area is 190 Å². The molecule has 0 aliphatic carbocycles. The van der Waals surface area contributed by atoms with E-state index >= 15 is 0 Å². The van der Waals surface area contributed by atoms with Gasteiger partial charge < -0.3 is 5.32 Å². The second kappa shape index (κ2) is 8.32. The average Bonchev–Trinajstić information content (AvgIpc) is 3.31. The van der Waals surface area contributed by atoms with Crippen molar-refractivity contribution in [3.05, 3.63) is 24.0 Å². The van der Waals surface area contributed by atoms with Gasteiger partial charge in [-0.1, -0.05) is 20.8 Å². The van der Waals surface area contributed by atoms with E-state index in [2.05, 4.69) is 32.2 Å². The molecule has 4 heterocycles. The van der Waals surface area contributed by atoms with Crippen LogP contribution >= 0.6 is 0 Å². The third-order valence-electron chi connectivity index (χ3n) is 5.72.